The lowest BCUT2D eigenvalue weighted by molar-refractivity contribution is -0.150. The highest BCUT2D eigenvalue weighted by atomic mass is 16.5. The number of para-hydroxylation sites is 1. The van der Waals surface area contributed by atoms with Crippen LogP contribution in [0.25, 0.3) is 0 Å². The molecule has 132 valence electrons. The molecular formula is C18H24O6. The molecule has 24 heavy (non-hydrogen) atoms. The number of carbonyl (C=O) groups is 2. The predicted octanol–water partition coefficient (Wildman–Crippen LogP) is 1.90. The molecule has 4 atom stereocenters. The maximum absolute atomic E-state index is 12.3. The first kappa shape index (κ1) is 18.3. The van der Waals surface area contributed by atoms with Crippen LogP contribution < -0.4 is 4.74 Å². The zero-order valence-corrected chi connectivity index (χ0v) is 14.2. The van der Waals surface area contributed by atoms with Crippen molar-refractivity contribution in [3.05, 3.63) is 29.8 Å². The van der Waals surface area contributed by atoms with Gasteiger partial charge in [-0.25, -0.2) is 0 Å². The second-order valence-electron chi connectivity index (χ2n) is 5.99. The summed E-state index contributed by atoms with van der Waals surface area (Å²) in [4.78, 5) is 24.2. The van der Waals surface area contributed by atoms with Crippen molar-refractivity contribution in [2.75, 3.05) is 21.3 Å². The van der Waals surface area contributed by atoms with E-state index in [0.29, 0.717) is 18.6 Å². The lowest BCUT2D eigenvalue weighted by atomic mass is 9.81. The molecule has 1 aromatic rings. The van der Waals surface area contributed by atoms with Gasteiger partial charge in [0.1, 0.15) is 5.75 Å². The minimum Gasteiger partial charge on any atom is -0.496 e. The summed E-state index contributed by atoms with van der Waals surface area (Å²) >= 11 is 0. The molecule has 0 spiro atoms. The van der Waals surface area contributed by atoms with Crippen LogP contribution in [0.15, 0.2) is 24.3 Å². The Morgan fingerprint density at radius 3 is 2.21 bits per heavy atom. The zero-order valence-electron chi connectivity index (χ0n) is 14.2. The van der Waals surface area contributed by atoms with E-state index in [4.69, 9.17) is 14.2 Å². The molecule has 2 rings (SSSR count). The lowest BCUT2D eigenvalue weighted by Gasteiger charge is -2.26. The third-order valence-corrected chi connectivity index (χ3v) is 4.78. The third-order valence-electron chi connectivity index (χ3n) is 4.78. The number of ether oxygens (including phenoxy) is 3. The van der Waals surface area contributed by atoms with Crippen molar-refractivity contribution in [3.63, 3.8) is 0 Å². The topological polar surface area (TPSA) is 82.1 Å². The predicted molar refractivity (Wildman–Crippen MR) is 86.6 cm³/mol. The molecular weight excluding hydrogens is 312 g/mol. The average molecular weight is 336 g/mol. The van der Waals surface area contributed by atoms with Crippen molar-refractivity contribution in [1.29, 1.82) is 0 Å². The molecule has 1 aromatic carbocycles. The summed E-state index contributed by atoms with van der Waals surface area (Å²) < 4.78 is 15.1. The molecule has 1 aliphatic rings. The van der Waals surface area contributed by atoms with Crippen LogP contribution in [0.2, 0.25) is 0 Å². The summed E-state index contributed by atoms with van der Waals surface area (Å²) in [5, 5.41) is 10.5. The average Bonchev–Trinajstić information content (AvgIpc) is 2.79. The molecule has 0 aliphatic heterocycles. The van der Waals surface area contributed by atoms with Gasteiger partial charge < -0.3 is 19.3 Å². The van der Waals surface area contributed by atoms with E-state index in [9.17, 15) is 14.7 Å². The number of aliphatic hydroxyl groups is 1. The second kappa shape index (κ2) is 8.15. The van der Waals surface area contributed by atoms with Crippen molar-refractivity contribution >= 4 is 11.9 Å². The summed E-state index contributed by atoms with van der Waals surface area (Å²) in [6.45, 7) is 0. The minimum atomic E-state index is -0.887. The van der Waals surface area contributed by atoms with Gasteiger partial charge in [0.05, 0.1) is 39.3 Å². The van der Waals surface area contributed by atoms with Crippen molar-refractivity contribution in [3.8, 4) is 5.75 Å². The number of hydrogen-bond acceptors (Lipinski definition) is 6. The maximum Gasteiger partial charge on any atom is 0.311 e. The van der Waals surface area contributed by atoms with Crippen molar-refractivity contribution in [2.45, 2.75) is 31.3 Å². The van der Waals surface area contributed by atoms with Gasteiger partial charge in [0, 0.05) is 5.92 Å². The molecule has 6 heteroatoms. The van der Waals surface area contributed by atoms with Crippen molar-refractivity contribution in [1.82, 2.24) is 0 Å². The van der Waals surface area contributed by atoms with Gasteiger partial charge in [-0.1, -0.05) is 18.2 Å². The van der Waals surface area contributed by atoms with Gasteiger partial charge in [0.2, 0.25) is 0 Å². The Balaban J connectivity index is 2.40. The summed E-state index contributed by atoms with van der Waals surface area (Å²) in [6, 6.07) is 7.41. The number of aliphatic hydroxyl groups excluding tert-OH is 1. The Kier molecular flexibility index (Phi) is 6.20. The molecule has 1 aliphatic carbocycles. The third kappa shape index (κ3) is 3.70. The highest BCUT2D eigenvalue weighted by molar-refractivity contribution is 5.75. The van der Waals surface area contributed by atoms with E-state index in [1.165, 1.54) is 14.2 Å². The first-order valence-corrected chi connectivity index (χ1v) is 8.00. The van der Waals surface area contributed by atoms with Crippen LogP contribution >= 0.6 is 0 Å². The molecule has 1 N–H and O–H groups in total. The molecule has 0 amide bonds. The Labute approximate surface area is 141 Å². The largest absolute Gasteiger partial charge is 0.496 e. The SMILES string of the molecule is COC(=O)[C@H]1CC[C@@H](C(=O)OC)[C@H](c2ccccc2OC)C[C@H]1O. The molecule has 1 saturated carbocycles. The van der Waals surface area contributed by atoms with Crippen LogP contribution in [0.5, 0.6) is 5.75 Å². The quantitative estimate of drug-likeness (QED) is 0.668. The van der Waals surface area contributed by atoms with Crippen molar-refractivity contribution in [2.24, 2.45) is 11.8 Å². The Morgan fingerprint density at radius 1 is 1.00 bits per heavy atom. The smallest absolute Gasteiger partial charge is 0.311 e. The van der Waals surface area contributed by atoms with E-state index in [1.54, 1.807) is 7.11 Å². The molecule has 0 bridgehead atoms. The molecule has 0 radical (unpaired) electrons. The number of esters is 2. The first-order chi connectivity index (χ1) is 11.5. The maximum atomic E-state index is 12.3. The number of rotatable bonds is 4. The van der Waals surface area contributed by atoms with Crippen LogP contribution in [0, 0.1) is 11.8 Å². The van der Waals surface area contributed by atoms with Gasteiger partial charge in [-0.3, -0.25) is 9.59 Å². The van der Waals surface area contributed by atoms with Gasteiger partial charge in [0.25, 0.3) is 0 Å². The standard InChI is InChI=1S/C18H24O6/c1-22-16-7-5-4-6-11(16)14-10-15(19)13(18(21)24-3)9-8-12(14)17(20)23-2/h4-7,12-15,19H,8-10H2,1-3H3/t12-,13+,14+,15-/m1/s1. The fourth-order valence-electron chi connectivity index (χ4n) is 3.52. The minimum absolute atomic E-state index is 0.264. The van der Waals surface area contributed by atoms with E-state index in [1.807, 2.05) is 24.3 Å². The Hall–Kier alpha value is -2.08. The fraction of sp³-hybridized carbons (Fsp3) is 0.556. The van der Waals surface area contributed by atoms with Crippen LogP contribution in [0.4, 0.5) is 0 Å². The van der Waals surface area contributed by atoms with Crippen LogP contribution in [0.1, 0.15) is 30.7 Å². The normalized spacial score (nSPS) is 27.0. The van der Waals surface area contributed by atoms with E-state index >= 15 is 0 Å². The highest BCUT2D eigenvalue weighted by Crippen LogP contribution is 2.42. The van der Waals surface area contributed by atoms with Crippen molar-refractivity contribution < 1.29 is 28.9 Å². The van der Waals surface area contributed by atoms with Gasteiger partial charge >= 0.3 is 11.9 Å². The van der Waals surface area contributed by atoms with Crippen LogP contribution in [-0.4, -0.2) is 44.5 Å². The zero-order chi connectivity index (χ0) is 17.7. The molecule has 0 heterocycles. The summed E-state index contributed by atoms with van der Waals surface area (Å²) in [6.07, 6.45) is 0.188. The fourth-order valence-corrected chi connectivity index (χ4v) is 3.52. The lowest BCUT2D eigenvalue weighted by Crippen LogP contribution is -2.29. The molecule has 0 aromatic heterocycles. The van der Waals surface area contributed by atoms with Crippen LogP contribution in [-0.2, 0) is 19.1 Å². The number of benzene rings is 1. The van der Waals surface area contributed by atoms with E-state index < -0.39 is 23.9 Å². The number of methoxy groups -OCH3 is 3. The Morgan fingerprint density at radius 2 is 1.58 bits per heavy atom. The highest BCUT2D eigenvalue weighted by Gasteiger charge is 2.41. The molecule has 1 fully saturated rings. The Bertz CT molecular complexity index is 585. The van der Waals surface area contributed by atoms with E-state index in [-0.39, 0.29) is 18.3 Å². The van der Waals surface area contributed by atoms with E-state index in [0.717, 1.165) is 5.56 Å². The van der Waals surface area contributed by atoms with Gasteiger partial charge in [-0.2, -0.15) is 0 Å². The monoisotopic (exact) mass is 336 g/mol. The van der Waals surface area contributed by atoms with Crippen LogP contribution in [0.3, 0.4) is 0 Å². The molecule has 0 saturated heterocycles. The summed E-state index contributed by atoms with van der Waals surface area (Å²) in [5.41, 5.74) is 0.833. The first-order valence-electron chi connectivity index (χ1n) is 8.00. The van der Waals surface area contributed by atoms with Gasteiger partial charge in [0.15, 0.2) is 0 Å². The number of hydrogen-bond donors (Lipinski definition) is 1. The van der Waals surface area contributed by atoms with E-state index in [2.05, 4.69) is 0 Å². The molecule has 0 unspecified atom stereocenters. The molecule has 6 nitrogen and oxygen atoms in total. The summed E-state index contributed by atoms with van der Waals surface area (Å²) in [5.74, 6) is -1.52. The summed E-state index contributed by atoms with van der Waals surface area (Å²) in [7, 11) is 4.21. The van der Waals surface area contributed by atoms with Gasteiger partial charge in [-0.15, -0.1) is 0 Å². The second-order valence-corrected chi connectivity index (χ2v) is 5.99. The van der Waals surface area contributed by atoms with Gasteiger partial charge in [-0.05, 0) is 30.9 Å². The number of carbonyl (C=O) groups excluding carboxylic acids is 2.